The summed E-state index contributed by atoms with van der Waals surface area (Å²) in [6.45, 7) is 6.77. The summed E-state index contributed by atoms with van der Waals surface area (Å²) in [5.74, 6) is 0. The molecule has 0 saturated carbocycles. The van der Waals surface area contributed by atoms with Gasteiger partial charge in [-0.25, -0.2) is 0 Å². The Bertz CT molecular complexity index is 307. The van der Waals surface area contributed by atoms with E-state index >= 15 is 0 Å². The van der Waals surface area contributed by atoms with E-state index in [1.54, 1.807) is 0 Å². The third-order valence-electron chi connectivity index (χ3n) is 2.53. The highest BCUT2D eigenvalue weighted by molar-refractivity contribution is 5.19. The summed E-state index contributed by atoms with van der Waals surface area (Å²) >= 11 is 0. The fourth-order valence-corrected chi connectivity index (χ4v) is 1.66. The van der Waals surface area contributed by atoms with E-state index in [0.717, 1.165) is 18.7 Å². The van der Waals surface area contributed by atoms with Crippen LogP contribution in [0.1, 0.15) is 37.6 Å². The summed E-state index contributed by atoms with van der Waals surface area (Å²) in [6, 6.07) is 0.289. The lowest BCUT2D eigenvalue weighted by molar-refractivity contribution is 0.182. The quantitative estimate of drug-likeness (QED) is 0.768. The molecule has 1 aromatic rings. The Labute approximate surface area is 91.3 Å². The summed E-state index contributed by atoms with van der Waals surface area (Å²) in [5, 5.41) is 16.8. The maximum absolute atomic E-state index is 9.14. The highest BCUT2D eigenvalue weighted by Gasteiger charge is 2.10. The largest absolute Gasteiger partial charge is 0.393 e. The van der Waals surface area contributed by atoms with Gasteiger partial charge in [0, 0.05) is 24.8 Å². The second-order valence-corrected chi connectivity index (χ2v) is 4.16. The smallest absolute Gasteiger partial charge is 0.0641 e. The van der Waals surface area contributed by atoms with Crippen LogP contribution in [0.15, 0.2) is 6.20 Å². The van der Waals surface area contributed by atoms with Crippen LogP contribution in [0.2, 0.25) is 0 Å². The van der Waals surface area contributed by atoms with E-state index in [4.69, 9.17) is 5.11 Å². The summed E-state index contributed by atoms with van der Waals surface area (Å²) in [5.41, 5.74) is 2.29. The second-order valence-electron chi connectivity index (χ2n) is 4.16. The number of aryl methyl sites for hydroxylation is 2. The molecule has 2 unspecified atom stereocenters. The lowest BCUT2D eigenvalue weighted by Gasteiger charge is -2.13. The van der Waals surface area contributed by atoms with Crippen molar-refractivity contribution < 1.29 is 5.11 Å². The number of aliphatic hydroxyl groups is 1. The van der Waals surface area contributed by atoms with Crippen molar-refractivity contribution in [3.05, 3.63) is 17.5 Å². The Morgan fingerprint density at radius 1 is 1.53 bits per heavy atom. The molecule has 15 heavy (non-hydrogen) atoms. The third kappa shape index (κ3) is 3.64. The van der Waals surface area contributed by atoms with Crippen molar-refractivity contribution in [2.75, 3.05) is 6.54 Å². The molecule has 0 aliphatic heterocycles. The van der Waals surface area contributed by atoms with Crippen molar-refractivity contribution >= 4 is 0 Å². The Morgan fingerprint density at radius 2 is 2.20 bits per heavy atom. The zero-order valence-electron chi connectivity index (χ0n) is 9.99. The summed E-state index contributed by atoms with van der Waals surface area (Å²) in [7, 11) is 1.93. The molecule has 0 radical (unpaired) electrons. The van der Waals surface area contributed by atoms with Gasteiger partial charge < -0.3 is 10.4 Å². The minimum atomic E-state index is -0.236. The lowest BCUT2D eigenvalue weighted by atomic mass is 10.1. The number of nitrogens with one attached hydrogen (secondary N) is 1. The summed E-state index contributed by atoms with van der Waals surface area (Å²) in [4.78, 5) is 0. The van der Waals surface area contributed by atoms with Gasteiger partial charge in [0.15, 0.2) is 0 Å². The minimum Gasteiger partial charge on any atom is -0.393 e. The third-order valence-corrected chi connectivity index (χ3v) is 2.53. The van der Waals surface area contributed by atoms with E-state index in [1.807, 2.05) is 31.8 Å². The molecule has 2 N–H and O–H groups in total. The average molecular weight is 211 g/mol. The maximum Gasteiger partial charge on any atom is 0.0641 e. The van der Waals surface area contributed by atoms with Gasteiger partial charge in [0.05, 0.1) is 11.8 Å². The maximum atomic E-state index is 9.14. The summed E-state index contributed by atoms with van der Waals surface area (Å²) < 4.78 is 1.83. The van der Waals surface area contributed by atoms with Crippen molar-refractivity contribution in [1.82, 2.24) is 15.1 Å². The first kappa shape index (κ1) is 12.2. The van der Waals surface area contributed by atoms with Crippen molar-refractivity contribution in [3.63, 3.8) is 0 Å². The van der Waals surface area contributed by atoms with Gasteiger partial charge >= 0.3 is 0 Å². The van der Waals surface area contributed by atoms with E-state index in [2.05, 4.69) is 17.3 Å². The Morgan fingerprint density at radius 3 is 2.67 bits per heavy atom. The molecule has 1 rings (SSSR count). The molecule has 4 nitrogen and oxygen atoms in total. The lowest BCUT2D eigenvalue weighted by Crippen LogP contribution is -2.22. The molecule has 0 saturated heterocycles. The van der Waals surface area contributed by atoms with Gasteiger partial charge in [-0.15, -0.1) is 0 Å². The molecule has 1 heterocycles. The molecule has 0 aliphatic rings. The molecular formula is C11H21N3O. The van der Waals surface area contributed by atoms with E-state index in [-0.39, 0.29) is 12.1 Å². The molecule has 1 aromatic heterocycles. The van der Waals surface area contributed by atoms with Crippen LogP contribution < -0.4 is 5.32 Å². The van der Waals surface area contributed by atoms with E-state index in [9.17, 15) is 0 Å². The van der Waals surface area contributed by atoms with Crippen LogP contribution >= 0.6 is 0 Å². The van der Waals surface area contributed by atoms with Gasteiger partial charge in [0.25, 0.3) is 0 Å². The molecular weight excluding hydrogens is 190 g/mol. The summed E-state index contributed by atoms with van der Waals surface area (Å²) in [6.07, 6.45) is 2.58. The minimum absolute atomic E-state index is 0.236. The van der Waals surface area contributed by atoms with Gasteiger partial charge in [-0.05, 0) is 33.7 Å². The van der Waals surface area contributed by atoms with Crippen LogP contribution in [0.4, 0.5) is 0 Å². The SMILES string of the molecule is Cc1nn(C)cc1C(C)NCCC(C)O. The van der Waals surface area contributed by atoms with Crippen LogP contribution in [0.5, 0.6) is 0 Å². The first-order valence-electron chi connectivity index (χ1n) is 5.42. The zero-order chi connectivity index (χ0) is 11.4. The molecule has 0 spiro atoms. The van der Waals surface area contributed by atoms with E-state index in [1.165, 1.54) is 5.56 Å². The highest BCUT2D eigenvalue weighted by Crippen LogP contribution is 2.15. The van der Waals surface area contributed by atoms with Crippen LogP contribution in [0.3, 0.4) is 0 Å². The molecule has 0 aliphatic carbocycles. The van der Waals surface area contributed by atoms with Crippen LogP contribution in [-0.2, 0) is 7.05 Å². The van der Waals surface area contributed by atoms with Gasteiger partial charge in [-0.2, -0.15) is 5.10 Å². The fourth-order valence-electron chi connectivity index (χ4n) is 1.66. The second kappa shape index (κ2) is 5.28. The van der Waals surface area contributed by atoms with Gasteiger partial charge in [0.1, 0.15) is 0 Å². The van der Waals surface area contributed by atoms with Gasteiger partial charge in [-0.1, -0.05) is 0 Å². The monoisotopic (exact) mass is 211 g/mol. The van der Waals surface area contributed by atoms with Crippen molar-refractivity contribution in [1.29, 1.82) is 0 Å². The topological polar surface area (TPSA) is 50.1 Å². The van der Waals surface area contributed by atoms with Gasteiger partial charge in [0.2, 0.25) is 0 Å². The van der Waals surface area contributed by atoms with E-state index < -0.39 is 0 Å². The Kier molecular flexibility index (Phi) is 4.29. The Balaban J connectivity index is 2.46. The predicted octanol–water partition coefficient (Wildman–Crippen LogP) is 1.15. The average Bonchev–Trinajstić information content (AvgIpc) is 2.44. The zero-order valence-corrected chi connectivity index (χ0v) is 9.99. The molecule has 0 aromatic carbocycles. The number of aliphatic hydroxyl groups excluding tert-OH is 1. The number of aromatic nitrogens is 2. The normalized spacial score (nSPS) is 15.3. The van der Waals surface area contributed by atoms with Crippen molar-refractivity contribution in [2.24, 2.45) is 7.05 Å². The first-order chi connectivity index (χ1) is 7.00. The molecule has 0 fully saturated rings. The van der Waals surface area contributed by atoms with Crippen molar-refractivity contribution in [2.45, 2.75) is 39.3 Å². The van der Waals surface area contributed by atoms with Crippen molar-refractivity contribution in [3.8, 4) is 0 Å². The fraction of sp³-hybridized carbons (Fsp3) is 0.727. The number of hydrogen-bond donors (Lipinski definition) is 2. The van der Waals surface area contributed by atoms with Gasteiger partial charge in [-0.3, -0.25) is 4.68 Å². The van der Waals surface area contributed by atoms with Crippen LogP contribution in [0, 0.1) is 6.92 Å². The molecule has 0 bridgehead atoms. The predicted molar refractivity (Wildman–Crippen MR) is 60.7 cm³/mol. The van der Waals surface area contributed by atoms with Crippen LogP contribution in [0.25, 0.3) is 0 Å². The Hall–Kier alpha value is -0.870. The molecule has 4 heteroatoms. The molecule has 86 valence electrons. The number of rotatable bonds is 5. The highest BCUT2D eigenvalue weighted by atomic mass is 16.3. The standard InChI is InChI=1S/C11H21N3O/c1-8(15)5-6-12-9(2)11-7-14(4)13-10(11)3/h7-9,12,15H,5-6H2,1-4H3. The molecule has 2 atom stereocenters. The number of nitrogens with zero attached hydrogens (tertiary/aromatic N) is 2. The first-order valence-corrected chi connectivity index (χ1v) is 5.42. The van der Waals surface area contributed by atoms with E-state index in [0.29, 0.717) is 0 Å². The number of hydrogen-bond acceptors (Lipinski definition) is 3. The van der Waals surface area contributed by atoms with Crippen LogP contribution in [-0.4, -0.2) is 27.5 Å². The molecule has 0 amide bonds.